The fourth-order valence-corrected chi connectivity index (χ4v) is 6.70. The molecule has 0 unspecified atom stereocenters. The number of amidine groups is 1. The van der Waals surface area contributed by atoms with E-state index >= 15 is 0 Å². The number of rotatable bonds is 4. The van der Waals surface area contributed by atoms with Crippen LogP contribution >= 0.6 is 0 Å². The summed E-state index contributed by atoms with van der Waals surface area (Å²) in [4.78, 5) is 16.1. The Morgan fingerprint density at radius 1 is 1.00 bits per heavy atom. The van der Waals surface area contributed by atoms with Crippen molar-refractivity contribution in [1.82, 2.24) is 4.98 Å². The highest BCUT2D eigenvalue weighted by molar-refractivity contribution is 6.12. The summed E-state index contributed by atoms with van der Waals surface area (Å²) in [5.74, 6) is 2.19. The second kappa shape index (κ2) is 10.7. The van der Waals surface area contributed by atoms with Crippen LogP contribution in [0.2, 0.25) is 0 Å². The second-order valence-corrected chi connectivity index (χ2v) is 13.8. The molecule has 6 heteroatoms. The summed E-state index contributed by atoms with van der Waals surface area (Å²) in [5, 5.41) is 11.7. The normalized spacial score (nSPS) is 19.8. The van der Waals surface area contributed by atoms with Crippen LogP contribution in [0, 0.1) is 18.9 Å². The number of fused-ring (bicyclic) bond motifs is 2. The molecule has 1 saturated carbocycles. The van der Waals surface area contributed by atoms with Gasteiger partial charge >= 0.3 is 0 Å². The number of anilines is 1. The van der Waals surface area contributed by atoms with Gasteiger partial charge in [0.1, 0.15) is 22.9 Å². The lowest BCUT2D eigenvalue weighted by Crippen LogP contribution is -2.49. The van der Waals surface area contributed by atoms with Crippen LogP contribution in [0.15, 0.2) is 71.7 Å². The van der Waals surface area contributed by atoms with Crippen LogP contribution in [0.1, 0.15) is 77.0 Å². The van der Waals surface area contributed by atoms with E-state index in [1.165, 1.54) is 12.8 Å². The highest BCUT2D eigenvalue weighted by atomic mass is 16.5. The van der Waals surface area contributed by atoms with Crippen LogP contribution in [-0.2, 0) is 5.41 Å². The highest BCUT2D eigenvalue weighted by Crippen LogP contribution is 2.45. The fraction of sp³-hybridized carbons (Fsp3) is 0.378. The average Bonchev–Trinajstić information content (AvgIpc) is 3.28. The van der Waals surface area contributed by atoms with E-state index in [1.807, 2.05) is 36.4 Å². The number of aliphatic imine (C=N–C) groups is 1. The zero-order chi connectivity index (χ0) is 30.5. The van der Waals surface area contributed by atoms with E-state index in [4.69, 9.17) is 16.3 Å². The third-order valence-electron chi connectivity index (χ3n) is 8.93. The molecule has 0 bridgehead atoms. The number of aromatic nitrogens is 1. The molecule has 2 atom stereocenters. The van der Waals surface area contributed by atoms with Crippen LogP contribution in [0.5, 0.6) is 17.4 Å². The molecule has 3 aromatic carbocycles. The van der Waals surface area contributed by atoms with Gasteiger partial charge in [0.25, 0.3) is 0 Å². The summed E-state index contributed by atoms with van der Waals surface area (Å²) in [6.07, 6.45) is 4.59. The molecular formula is C37H40N4O2. The Bertz CT molecular complexity index is 1760. The number of ether oxygens (including phenoxy) is 1. The molecule has 1 fully saturated rings. The molecule has 0 spiro atoms. The summed E-state index contributed by atoms with van der Waals surface area (Å²) in [7, 11) is 0. The van der Waals surface area contributed by atoms with Crippen molar-refractivity contribution in [3.05, 3.63) is 94.8 Å². The number of nitrogens with zero attached hydrogens (tertiary/aromatic N) is 4. The summed E-state index contributed by atoms with van der Waals surface area (Å²) < 4.78 is 6.34. The van der Waals surface area contributed by atoms with Gasteiger partial charge in [-0.2, -0.15) is 0 Å². The topological polar surface area (TPSA) is 62.3 Å². The number of phenolic OH excluding ortho intramolecular Hbond substituents is 1. The minimum atomic E-state index is -0.0828. The minimum Gasteiger partial charge on any atom is -0.506 e. The van der Waals surface area contributed by atoms with Crippen molar-refractivity contribution < 1.29 is 9.84 Å². The number of benzene rings is 3. The van der Waals surface area contributed by atoms with Crippen molar-refractivity contribution in [2.45, 2.75) is 84.7 Å². The standard InChI is InChI=1S/C37H40N4O2/c1-23-18-25(21-29(19-23)43-32-16-11-24-20-26(36(2,3)4)22-31(42)33(24)40-32)35-39-30-10-8-9-17-37(5,6)34(30)41(35)28-14-12-27(38-7)13-15-28/h11-16,18-22,30,34,42H,8-10,17H2,1-6H3/t30-,34+/m0/s1. The molecule has 0 saturated heterocycles. The molecule has 1 aliphatic carbocycles. The highest BCUT2D eigenvalue weighted by Gasteiger charge is 2.47. The lowest BCUT2D eigenvalue weighted by molar-refractivity contribution is 0.260. The molecule has 0 amide bonds. The van der Waals surface area contributed by atoms with Gasteiger partial charge in [-0.3, -0.25) is 4.99 Å². The maximum Gasteiger partial charge on any atom is 0.219 e. The van der Waals surface area contributed by atoms with Crippen LogP contribution < -0.4 is 9.64 Å². The summed E-state index contributed by atoms with van der Waals surface area (Å²) >= 11 is 0. The Balaban J connectivity index is 1.38. The van der Waals surface area contributed by atoms with Gasteiger partial charge in [0.2, 0.25) is 5.88 Å². The van der Waals surface area contributed by atoms with Gasteiger partial charge in [-0.15, -0.1) is 0 Å². The molecule has 2 aliphatic rings. The first-order valence-corrected chi connectivity index (χ1v) is 15.2. The quantitative estimate of drug-likeness (QED) is 0.247. The number of hydrogen-bond donors (Lipinski definition) is 1. The van der Waals surface area contributed by atoms with Crippen molar-refractivity contribution in [2.75, 3.05) is 4.90 Å². The van der Waals surface area contributed by atoms with Crippen molar-refractivity contribution in [3.63, 3.8) is 0 Å². The Kier molecular flexibility index (Phi) is 7.16. The molecule has 220 valence electrons. The SMILES string of the molecule is [C-]#[N+]c1ccc(N2C(c3cc(C)cc(Oc4ccc5cc(C(C)(C)C)cc(O)c5n4)c3)=N[C@H]3CCCCC(C)(C)[C@@H]32)cc1. The van der Waals surface area contributed by atoms with E-state index in [0.717, 1.165) is 46.4 Å². The third kappa shape index (κ3) is 5.57. The molecule has 43 heavy (non-hydrogen) atoms. The Morgan fingerprint density at radius 3 is 2.49 bits per heavy atom. The summed E-state index contributed by atoms with van der Waals surface area (Å²) in [6, 6.07) is 22.2. The molecule has 1 N–H and O–H groups in total. The predicted octanol–water partition coefficient (Wildman–Crippen LogP) is 9.49. The molecule has 6 nitrogen and oxygen atoms in total. The molecule has 1 aliphatic heterocycles. The number of hydrogen-bond acceptors (Lipinski definition) is 5. The van der Waals surface area contributed by atoms with E-state index in [-0.39, 0.29) is 28.7 Å². The first-order chi connectivity index (χ1) is 20.4. The molecule has 4 aromatic rings. The van der Waals surface area contributed by atoms with Gasteiger partial charge < -0.3 is 14.7 Å². The van der Waals surface area contributed by atoms with E-state index in [1.54, 1.807) is 6.07 Å². The maximum absolute atomic E-state index is 10.8. The van der Waals surface area contributed by atoms with Crippen molar-refractivity contribution in [1.29, 1.82) is 0 Å². The van der Waals surface area contributed by atoms with E-state index in [9.17, 15) is 5.11 Å². The Morgan fingerprint density at radius 2 is 1.77 bits per heavy atom. The van der Waals surface area contributed by atoms with Gasteiger partial charge in [0, 0.05) is 22.7 Å². The van der Waals surface area contributed by atoms with Gasteiger partial charge in [-0.1, -0.05) is 59.6 Å². The first-order valence-electron chi connectivity index (χ1n) is 15.2. The zero-order valence-electron chi connectivity index (χ0n) is 26.0. The lowest BCUT2D eigenvalue weighted by Gasteiger charge is -2.40. The van der Waals surface area contributed by atoms with Gasteiger partial charge in [0.15, 0.2) is 5.69 Å². The molecule has 2 heterocycles. The molecule has 0 radical (unpaired) electrons. The van der Waals surface area contributed by atoms with E-state index in [0.29, 0.717) is 22.8 Å². The molecular weight excluding hydrogens is 532 g/mol. The van der Waals surface area contributed by atoms with Gasteiger partial charge in [-0.05, 0) is 90.3 Å². The van der Waals surface area contributed by atoms with Crippen LogP contribution in [0.25, 0.3) is 15.7 Å². The van der Waals surface area contributed by atoms with Crippen molar-refractivity contribution in [2.24, 2.45) is 10.4 Å². The van der Waals surface area contributed by atoms with E-state index in [2.05, 4.69) is 80.5 Å². The molecule has 6 rings (SSSR count). The van der Waals surface area contributed by atoms with Gasteiger partial charge in [-0.25, -0.2) is 9.83 Å². The smallest absolute Gasteiger partial charge is 0.219 e. The van der Waals surface area contributed by atoms with Crippen LogP contribution in [-0.4, -0.2) is 28.0 Å². The molecule has 1 aromatic heterocycles. The largest absolute Gasteiger partial charge is 0.506 e. The maximum atomic E-state index is 10.8. The van der Waals surface area contributed by atoms with Gasteiger partial charge in [0.05, 0.1) is 18.7 Å². The van der Waals surface area contributed by atoms with Crippen LogP contribution in [0.3, 0.4) is 0 Å². The zero-order valence-corrected chi connectivity index (χ0v) is 26.0. The monoisotopic (exact) mass is 572 g/mol. The van der Waals surface area contributed by atoms with Crippen LogP contribution in [0.4, 0.5) is 11.4 Å². The number of aryl methyl sites for hydroxylation is 1. The minimum absolute atomic E-state index is 0.0674. The number of phenols is 1. The summed E-state index contributed by atoms with van der Waals surface area (Å²) in [6.45, 7) is 20.6. The lowest BCUT2D eigenvalue weighted by atomic mass is 9.78. The Labute approximate surface area is 254 Å². The van der Waals surface area contributed by atoms with E-state index < -0.39 is 0 Å². The predicted molar refractivity (Wildman–Crippen MR) is 175 cm³/mol. The first kappa shape index (κ1) is 28.7. The number of pyridine rings is 1. The number of aromatic hydroxyl groups is 1. The average molecular weight is 573 g/mol. The van der Waals surface area contributed by atoms with Crippen molar-refractivity contribution >= 4 is 28.1 Å². The second-order valence-electron chi connectivity index (χ2n) is 13.8. The fourth-order valence-electron chi connectivity index (χ4n) is 6.70. The Hall–Kier alpha value is -4.37. The third-order valence-corrected chi connectivity index (χ3v) is 8.93. The van der Waals surface area contributed by atoms with Crippen molar-refractivity contribution in [3.8, 4) is 17.4 Å². The summed E-state index contributed by atoms with van der Waals surface area (Å²) in [5.41, 5.74) is 5.30.